The van der Waals surface area contributed by atoms with E-state index in [4.69, 9.17) is 16.0 Å². The summed E-state index contributed by atoms with van der Waals surface area (Å²) in [6.45, 7) is 10.8. The third-order valence-corrected chi connectivity index (χ3v) is 4.07. The van der Waals surface area contributed by atoms with Crippen LogP contribution in [0, 0.1) is 11.3 Å². The first-order valence-electron chi connectivity index (χ1n) is 8.60. The lowest BCUT2D eigenvalue weighted by atomic mass is 10.0. The molecule has 5 N–H and O–H groups in total. The number of allylic oxidation sites excluding steroid dienone is 1. The van der Waals surface area contributed by atoms with Crippen LogP contribution in [0.2, 0.25) is 0 Å². The molecule has 2 rings (SSSR count). The van der Waals surface area contributed by atoms with Gasteiger partial charge in [-0.2, -0.15) is 4.99 Å². The average Bonchev–Trinajstić information content (AvgIpc) is 2.96. The largest absolute Gasteiger partial charge is 0.402 e. The number of hydrogen-bond acceptors (Lipinski definition) is 6. The number of piperidine rings is 1. The van der Waals surface area contributed by atoms with E-state index in [0.717, 1.165) is 32.5 Å². The Labute approximate surface area is 144 Å². The summed E-state index contributed by atoms with van der Waals surface area (Å²) in [6.07, 6.45) is 3.85. The maximum atomic E-state index is 8.58. The maximum Gasteiger partial charge on any atom is 0.220 e. The van der Waals surface area contributed by atoms with E-state index in [1.807, 2.05) is 6.92 Å². The number of likely N-dealkylation sites (tertiary alicyclic amines) is 1. The van der Waals surface area contributed by atoms with Gasteiger partial charge in [-0.1, -0.05) is 13.8 Å². The lowest BCUT2D eigenvalue weighted by Gasteiger charge is -2.34. The van der Waals surface area contributed by atoms with E-state index in [1.54, 1.807) is 13.0 Å². The summed E-state index contributed by atoms with van der Waals surface area (Å²) >= 11 is 0. The summed E-state index contributed by atoms with van der Waals surface area (Å²) in [5.74, 6) is 2.17. The van der Waals surface area contributed by atoms with E-state index in [9.17, 15) is 0 Å². The summed E-state index contributed by atoms with van der Waals surface area (Å²) < 4.78 is 0. The summed E-state index contributed by atoms with van der Waals surface area (Å²) in [4.78, 5) is 11.6. The molecule has 0 aromatic heterocycles. The molecule has 0 spiro atoms. The molecule has 2 aliphatic heterocycles. The van der Waals surface area contributed by atoms with Gasteiger partial charge in [-0.05, 0) is 38.3 Å². The van der Waals surface area contributed by atoms with Crippen LogP contribution in [0.25, 0.3) is 0 Å². The van der Waals surface area contributed by atoms with Gasteiger partial charge in [0.2, 0.25) is 5.90 Å². The van der Waals surface area contributed by atoms with E-state index >= 15 is 0 Å². The number of rotatable bonds is 5. The van der Waals surface area contributed by atoms with Crippen LogP contribution >= 0.6 is 0 Å². The van der Waals surface area contributed by atoms with Gasteiger partial charge in [0.25, 0.3) is 0 Å². The molecule has 7 heteroatoms. The second-order valence-corrected chi connectivity index (χ2v) is 6.90. The van der Waals surface area contributed by atoms with Gasteiger partial charge in [0.15, 0.2) is 5.82 Å². The number of nitrogens with zero attached hydrogens (tertiary/aromatic N) is 2. The smallest absolute Gasteiger partial charge is 0.220 e. The summed E-state index contributed by atoms with van der Waals surface area (Å²) in [6, 6.07) is 0.535. The number of amidine groups is 1. The Kier molecular flexibility index (Phi) is 6.25. The van der Waals surface area contributed by atoms with Gasteiger partial charge in [-0.25, -0.2) is 5.48 Å². The minimum absolute atomic E-state index is 0.437. The number of hydrogen-bond donors (Lipinski definition) is 4. The Morgan fingerprint density at radius 1 is 1.50 bits per heavy atom. The van der Waals surface area contributed by atoms with Gasteiger partial charge in [-0.3, -0.25) is 5.41 Å². The van der Waals surface area contributed by atoms with Gasteiger partial charge < -0.3 is 20.8 Å². The quantitative estimate of drug-likeness (QED) is 0.453. The molecule has 0 saturated carbocycles. The van der Waals surface area contributed by atoms with Crippen molar-refractivity contribution in [3.63, 3.8) is 0 Å². The SMILES string of the molecule is CC1=N/C(=C(/C=C(/C)N)C(=N)N2CCC(NCC(C)C)CC2)NO1. The molecule has 0 aliphatic carbocycles. The molecule has 2 aliphatic rings. The van der Waals surface area contributed by atoms with E-state index in [1.165, 1.54) is 0 Å². The highest BCUT2D eigenvalue weighted by molar-refractivity contribution is 5.99. The monoisotopic (exact) mass is 334 g/mol. The van der Waals surface area contributed by atoms with Crippen molar-refractivity contribution in [2.75, 3.05) is 19.6 Å². The van der Waals surface area contributed by atoms with Crippen molar-refractivity contribution in [1.29, 1.82) is 5.41 Å². The molecule has 24 heavy (non-hydrogen) atoms. The topological polar surface area (TPSA) is 98.8 Å². The Morgan fingerprint density at radius 2 is 2.17 bits per heavy atom. The van der Waals surface area contributed by atoms with Gasteiger partial charge in [0, 0.05) is 31.8 Å². The highest BCUT2D eigenvalue weighted by Gasteiger charge is 2.25. The molecule has 134 valence electrons. The average molecular weight is 334 g/mol. The van der Waals surface area contributed by atoms with Crippen LogP contribution in [0.3, 0.4) is 0 Å². The number of hydroxylamine groups is 1. The molecule has 1 fully saturated rings. The van der Waals surface area contributed by atoms with Crippen molar-refractivity contribution in [3.8, 4) is 0 Å². The fourth-order valence-electron chi connectivity index (χ4n) is 2.80. The molecular formula is C17H30N6O. The lowest BCUT2D eigenvalue weighted by molar-refractivity contribution is 0.234. The van der Waals surface area contributed by atoms with Crippen molar-refractivity contribution in [1.82, 2.24) is 15.7 Å². The summed E-state index contributed by atoms with van der Waals surface area (Å²) in [5, 5.41) is 12.2. The molecule has 7 nitrogen and oxygen atoms in total. The third-order valence-electron chi connectivity index (χ3n) is 4.07. The van der Waals surface area contributed by atoms with Crippen molar-refractivity contribution < 1.29 is 4.84 Å². The van der Waals surface area contributed by atoms with Crippen LogP contribution in [-0.2, 0) is 4.84 Å². The molecule has 0 radical (unpaired) electrons. The van der Waals surface area contributed by atoms with Crippen LogP contribution in [0.4, 0.5) is 0 Å². The Hall–Kier alpha value is -2.02. The normalized spacial score (nSPS) is 21.5. The van der Waals surface area contributed by atoms with E-state index in [0.29, 0.717) is 40.8 Å². The minimum Gasteiger partial charge on any atom is -0.402 e. The molecule has 0 amide bonds. The van der Waals surface area contributed by atoms with Crippen LogP contribution in [0.15, 0.2) is 28.2 Å². The zero-order valence-corrected chi connectivity index (χ0v) is 15.1. The van der Waals surface area contributed by atoms with Crippen LogP contribution in [-0.4, -0.2) is 42.3 Å². The first-order valence-corrected chi connectivity index (χ1v) is 8.60. The van der Waals surface area contributed by atoms with E-state index in [-0.39, 0.29) is 0 Å². The highest BCUT2D eigenvalue weighted by atomic mass is 16.7. The summed E-state index contributed by atoms with van der Waals surface area (Å²) in [5.41, 5.74) is 9.91. The van der Waals surface area contributed by atoms with Crippen molar-refractivity contribution >= 4 is 11.7 Å². The van der Waals surface area contributed by atoms with E-state index in [2.05, 4.69) is 34.5 Å². The minimum atomic E-state index is 0.437. The number of aliphatic imine (C=N–C) groups is 1. The molecule has 1 saturated heterocycles. The Morgan fingerprint density at radius 3 is 2.67 bits per heavy atom. The van der Waals surface area contributed by atoms with Gasteiger partial charge in [0.05, 0.1) is 5.57 Å². The first kappa shape index (κ1) is 18.3. The fraction of sp³-hybridized carbons (Fsp3) is 0.647. The van der Waals surface area contributed by atoms with E-state index < -0.39 is 0 Å². The predicted octanol–water partition coefficient (Wildman–Crippen LogP) is 1.70. The zero-order chi connectivity index (χ0) is 17.7. The lowest BCUT2D eigenvalue weighted by Crippen LogP contribution is -2.46. The predicted molar refractivity (Wildman–Crippen MR) is 97.5 cm³/mol. The third kappa shape index (κ3) is 4.99. The second-order valence-electron chi connectivity index (χ2n) is 6.90. The molecule has 0 aromatic rings. The molecule has 0 bridgehead atoms. The molecule has 0 unspecified atom stereocenters. The van der Waals surface area contributed by atoms with Gasteiger partial charge in [0.1, 0.15) is 5.84 Å². The standard InChI is InChI=1S/C17H30N6O/c1-11(2)10-20-14-5-7-23(8-6-14)16(19)15(9-12(3)18)17-21-13(4)24-22-17/h9,11,14,19-20,22H,5-8,10,18H2,1-4H3/b12-9-,17-15+,19-16?. The maximum absolute atomic E-state index is 8.58. The highest BCUT2D eigenvalue weighted by Crippen LogP contribution is 2.19. The van der Waals surface area contributed by atoms with Crippen LogP contribution in [0.5, 0.6) is 0 Å². The number of nitrogens with one attached hydrogen (secondary N) is 3. The molecule has 0 atom stereocenters. The first-order chi connectivity index (χ1) is 11.4. The Balaban J connectivity index is 2.03. The fourth-order valence-corrected chi connectivity index (χ4v) is 2.80. The van der Waals surface area contributed by atoms with Crippen molar-refractivity contribution in [2.45, 2.75) is 46.6 Å². The summed E-state index contributed by atoms with van der Waals surface area (Å²) in [7, 11) is 0. The van der Waals surface area contributed by atoms with Crippen LogP contribution in [0.1, 0.15) is 40.5 Å². The molecule has 0 aromatic carbocycles. The Bertz CT molecular complexity index is 551. The van der Waals surface area contributed by atoms with Crippen molar-refractivity contribution in [2.24, 2.45) is 16.6 Å². The molecular weight excluding hydrogens is 304 g/mol. The molecule has 2 heterocycles. The second kappa shape index (κ2) is 8.19. The van der Waals surface area contributed by atoms with Crippen molar-refractivity contribution in [3.05, 3.63) is 23.2 Å². The van der Waals surface area contributed by atoms with Gasteiger partial charge >= 0.3 is 0 Å². The van der Waals surface area contributed by atoms with Crippen LogP contribution < -0.4 is 16.5 Å². The zero-order valence-electron chi connectivity index (χ0n) is 15.1. The van der Waals surface area contributed by atoms with Gasteiger partial charge in [-0.15, -0.1) is 0 Å². The number of nitrogens with two attached hydrogens (primary N) is 1.